The Morgan fingerprint density at radius 2 is 2.00 bits per heavy atom. The first-order chi connectivity index (χ1) is 7.28. The van der Waals surface area contributed by atoms with Gasteiger partial charge in [0.05, 0.1) is 11.6 Å². The van der Waals surface area contributed by atoms with Crippen molar-refractivity contribution >= 4 is 0 Å². The lowest BCUT2D eigenvalue weighted by atomic mass is 10.2. The molecule has 1 aliphatic rings. The van der Waals surface area contributed by atoms with Gasteiger partial charge in [0.15, 0.2) is 0 Å². The minimum atomic E-state index is 0.243. The highest BCUT2D eigenvalue weighted by Crippen LogP contribution is 2.23. The summed E-state index contributed by atoms with van der Waals surface area (Å²) in [5.74, 6) is 0.827. The van der Waals surface area contributed by atoms with Crippen LogP contribution in [-0.2, 0) is 0 Å². The second-order valence-corrected chi connectivity index (χ2v) is 3.95. The van der Waals surface area contributed by atoms with Gasteiger partial charge in [0.1, 0.15) is 11.9 Å². The predicted octanol–water partition coefficient (Wildman–Crippen LogP) is 1.82. The predicted molar refractivity (Wildman–Crippen MR) is 57.4 cm³/mol. The summed E-state index contributed by atoms with van der Waals surface area (Å²) in [5, 5.41) is 8.64. The summed E-state index contributed by atoms with van der Waals surface area (Å²) < 4.78 is 5.76. The highest BCUT2D eigenvalue weighted by atomic mass is 16.5. The van der Waals surface area contributed by atoms with Crippen molar-refractivity contribution in [3.63, 3.8) is 0 Å². The van der Waals surface area contributed by atoms with Crippen LogP contribution in [0, 0.1) is 11.3 Å². The monoisotopic (exact) mass is 202 g/mol. The maximum Gasteiger partial charge on any atom is 0.119 e. The molecule has 0 heterocycles. The lowest BCUT2D eigenvalue weighted by Gasteiger charge is -2.13. The van der Waals surface area contributed by atoms with Gasteiger partial charge in [-0.3, -0.25) is 0 Å². The van der Waals surface area contributed by atoms with Gasteiger partial charge in [0, 0.05) is 6.04 Å². The molecule has 0 bridgehead atoms. The first kappa shape index (κ1) is 10.0. The number of nitrogens with zero attached hydrogens (tertiary/aromatic N) is 1. The fraction of sp³-hybridized carbons (Fsp3) is 0.417. The standard InChI is InChI=1S/C12H14N2O/c13-8-9-1-4-11(5-2-9)15-12-6-3-10(14)7-12/h1-2,4-5,10,12H,3,6-7,14H2. The van der Waals surface area contributed by atoms with E-state index >= 15 is 0 Å². The Morgan fingerprint density at radius 1 is 1.27 bits per heavy atom. The van der Waals surface area contributed by atoms with Crippen molar-refractivity contribution in [2.75, 3.05) is 0 Å². The van der Waals surface area contributed by atoms with E-state index in [2.05, 4.69) is 6.07 Å². The quantitative estimate of drug-likeness (QED) is 0.795. The zero-order chi connectivity index (χ0) is 10.7. The number of nitrogens with two attached hydrogens (primary N) is 1. The average molecular weight is 202 g/mol. The van der Waals surface area contributed by atoms with Crippen LogP contribution in [0.5, 0.6) is 5.75 Å². The largest absolute Gasteiger partial charge is 0.490 e. The highest BCUT2D eigenvalue weighted by Gasteiger charge is 2.22. The molecule has 15 heavy (non-hydrogen) atoms. The smallest absolute Gasteiger partial charge is 0.119 e. The SMILES string of the molecule is N#Cc1ccc(OC2CCC(N)C2)cc1. The van der Waals surface area contributed by atoms with Crippen molar-refractivity contribution in [2.45, 2.75) is 31.4 Å². The van der Waals surface area contributed by atoms with Crippen LogP contribution in [0.2, 0.25) is 0 Å². The molecule has 1 aliphatic carbocycles. The molecule has 2 unspecified atom stereocenters. The van der Waals surface area contributed by atoms with E-state index < -0.39 is 0 Å². The second kappa shape index (κ2) is 4.33. The Bertz CT molecular complexity index is 366. The van der Waals surface area contributed by atoms with Crippen LogP contribution in [0.25, 0.3) is 0 Å². The van der Waals surface area contributed by atoms with Gasteiger partial charge in [0.2, 0.25) is 0 Å². The molecule has 3 nitrogen and oxygen atoms in total. The molecular weight excluding hydrogens is 188 g/mol. The summed E-state index contributed by atoms with van der Waals surface area (Å²) in [6, 6.07) is 9.57. The molecule has 0 saturated heterocycles. The molecule has 1 fully saturated rings. The molecule has 0 spiro atoms. The van der Waals surface area contributed by atoms with Gasteiger partial charge in [-0.05, 0) is 43.5 Å². The maximum atomic E-state index is 8.64. The van der Waals surface area contributed by atoms with E-state index in [1.165, 1.54) is 0 Å². The van der Waals surface area contributed by atoms with Crippen molar-refractivity contribution in [3.05, 3.63) is 29.8 Å². The second-order valence-electron chi connectivity index (χ2n) is 3.95. The molecule has 0 amide bonds. The van der Waals surface area contributed by atoms with Crippen molar-refractivity contribution in [2.24, 2.45) is 5.73 Å². The molecule has 2 atom stereocenters. The molecule has 78 valence electrons. The molecule has 0 radical (unpaired) electrons. The van der Waals surface area contributed by atoms with E-state index in [4.69, 9.17) is 15.7 Å². The zero-order valence-corrected chi connectivity index (χ0v) is 8.52. The van der Waals surface area contributed by atoms with Crippen molar-refractivity contribution < 1.29 is 4.74 Å². The van der Waals surface area contributed by atoms with Gasteiger partial charge in [-0.15, -0.1) is 0 Å². The molecule has 0 aromatic heterocycles. The number of rotatable bonds is 2. The van der Waals surface area contributed by atoms with Gasteiger partial charge in [-0.2, -0.15) is 5.26 Å². The first-order valence-corrected chi connectivity index (χ1v) is 5.20. The van der Waals surface area contributed by atoms with E-state index in [-0.39, 0.29) is 12.1 Å². The lowest BCUT2D eigenvalue weighted by Crippen LogP contribution is -2.19. The summed E-state index contributed by atoms with van der Waals surface area (Å²) in [6.07, 6.45) is 3.25. The average Bonchev–Trinajstić information content (AvgIpc) is 2.65. The van der Waals surface area contributed by atoms with E-state index in [9.17, 15) is 0 Å². The third kappa shape index (κ3) is 2.48. The molecule has 1 saturated carbocycles. The Labute approximate surface area is 89.5 Å². The molecule has 1 aromatic rings. The number of benzene rings is 1. The van der Waals surface area contributed by atoms with Crippen molar-refractivity contribution in [1.82, 2.24) is 0 Å². The summed E-state index contributed by atoms with van der Waals surface area (Å²) in [5.41, 5.74) is 6.46. The van der Waals surface area contributed by atoms with Crippen LogP contribution in [0.15, 0.2) is 24.3 Å². The Hall–Kier alpha value is -1.53. The molecular formula is C12H14N2O. The lowest BCUT2D eigenvalue weighted by molar-refractivity contribution is 0.208. The fourth-order valence-electron chi connectivity index (χ4n) is 1.88. The fourth-order valence-corrected chi connectivity index (χ4v) is 1.88. The number of hydrogen-bond acceptors (Lipinski definition) is 3. The summed E-state index contributed by atoms with van der Waals surface area (Å²) in [7, 11) is 0. The van der Waals surface area contributed by atoms with Crippen LogP contribution < -0.4 is 10.5 Å². The molecule has 0 aliphatic heterocycles. The third-order valence-corrected chi connectivity index (χ3v) is 2.71. The summed E-state index contributed by atoms with van der Waals surface area (Å²) >= 11 is 0. The van der Waals surface area contributed by atoms with Gasteiger partial charge in [-0.1, -0.05) is 0 Å². The number of nitriles is 1. The zero-order valence-electron chi connectivity index (χ0n) is 8.52. The molecule has 2 rings (SSSR count). The van der Waals surface area contributed by atoms with Crippen molar-refractivity contribution in [3.8, 4) is 11.8 Å². The van der Waals surface area contributed by atoms with Gasteiger partial charge in [0.25, 0.3) is 0 Å². The molecule has 3 heteroatoms. The minimum absolute atomic E-state index is 0.243. The Balaban J connectivity index is 1.96. The number of hydrogen-bond donors (Lipinski definition) is 1. The van der Waals surface area contributed by atoms with Gasteiger partial charge in [-0.25, -0.2) is 0 Å². The Kier molecular flexibility index (Phi) is 2.89. The van der Waals surface area contributed by atoms with Crippen LogP contribution in [-0.4, -0.2) is 12.1 Å². The minimum Gasteiger partial charge on any atom is -0.490 e. The van der Waals surface area contributed by atoms with Crippen LogP contribution >= 0.6 is 0 Å². The van der Waals surface area contributed by atoms with Gasteiger partial charge < -0.3 is 10.5 Å². The third-order valence-electron chi connectivity index (χ3n) is 2.71. The van der Waals surface area contributed by atoms with Gasteiger partial charge >= 0.3 is 0 Å². The van der Waals surface area contributed by atoms with Crippen molar-refractivity contribution in [1.29, 1.82) is 5.26 Å². The van der Waals surface area contributed by atoms with E-state index in [0.29, 0.717) is 5.56 Å². The van der Waals surface area contributed by atoms with Crippen LogP contribution in [0.1, 0.15) is 24.8 Å². The Morgan fingerprint density at radius 3 is 2.53 bits per heavy atom. The first-order valence-electron chi connectivity index (χ1n) is 5.20. The van der Waals surface area contributed by atoms with E-state index in [1.807, 2.05) is 12.1 Å². The molecule has 2 N–H and O–H groups in total. The molecule has 1 aromatic carbocycles. The van der Waals surface area contributed by atoms with E-state index in [1.54, 1.807) is 12.1 Å². The normalized spacial score (nSPS) is 24.8. The number of ether oxygens (including phenoxy) is 1. The van der Waals surface area contributed by atoms with Crippen LogP contribution in [0.3, 0.4) is 0 Å². The summed E-state index contributed by atoms with van der Waals surface area (Å²) in [6.45, 7) is 0. The van der Waals surface area contributed by atoms with Crippen LogP contribution in [0.4, 0.5) is 0 Å². The topological polar surface area (TPSA) is 59.0 Å². The van der Waals surface area contributed by atoms with E-state index in [0.717, 1.165) is 25.0 Å². The highest BCUT2D eigenvalue weighted by molar-refractivity contribution is 5.34. The summed E-state index contributed by atoms with van der Waals surface area (Å²) in [4.78, 5) is 0. The maximum absolute atomic E-state index is 8.64.